The molecule has 1 aliphatic heterocycles. The van der Waals surface area contributed by atoms with Crippen molar-refractivity contribution in [3.63, 3.8) is 0 Å². The first kappa shape index (κ1) is 16.5. The van der Waals surface area contributed by atoms with Gasteiger partial charge in [-0.1, -0.05) is 13.8 Å². The number of piperidine rings is 1. The van der Waals surface area contributed by atoms with E-state index in [2.05, 4.69) is 40.0 Å². The number of H-pyrrole nitrogens is 1. The van der Waals surface area contributed by atoms with Gasteiger partial charge in [0.15, 0.2) is 5.69 Å². The number of likely N-dealkylation sites (tertiary alicyclic amines) is 1. The van der Waals surface area contributed by atoms with Crippen LogP contribution in [0.5, 0.6) is 0 Å². The highest BCUT2D eigenvalue weighted by molar-refractivity contribution is 9.10. The molecule has 0 bridgehead atoms. The fourth-order valence-electron chi connectivity index (χ4n) is 2.12. The fraction of sp³-hybridized carbons (Fsp3) is 0.667. The van der Waals surface area contributed by atoms with Crippen molar-refractivity contribution in [1.29, 1.82) is 0 Å². The van der Waals surface area contributed by atoms with E-state index in [0.717, 1.165) is 36.1 Å². The Labute approximate surface area is 127 Å². The molecule has 7 heteroatoms. The van der Waals surface area contributed by atoms with Crippen molar-refractivity contribution in [2.75, 3.05) is 13.1 Å². The molecule has 0 radical (unpaired) electrons. The quantitative estimate of drug-likeness (QED) is 0.858. The maximum Gasteiger partial charge on any atom is 0.275 e. The maximum absolute atomic E-state index is 12.3. The molecular weight excluding hydrogens is 332 g/mol. The molecule has 1 aromatic heterocycles. The van der Waals surface area contributed by atoms with E-state index in [1.807, 2.05) is 4.90 Å². The molecule has 1 aromatic rings. The van der Waals surface area contributed by atoms with Crippen LogP contribution < -0.4 is 5.73 Å². The van der Waals surface area contributed by atoms with Gasteiger partial charge in [-0.05, 0) is 34.7 Å². The zero-order valence-electron chi connectivity index (χ0n) is 11.1. The summed E-state index contributed by atoms with van der Waals surface area (Å²) in [6.07, 6.45) is 1.73. The first-order valence-electron chi connectivity index (χ1n) is 6.29. The van der Waals surface area contributed by atoms with Gasteiger partial charge < -0.3 is 10.6 Å². The van der Waals surface area contributed by atoms with Gasteiger partial charge in [-0.2, -0.15) is 5.10 Å². The van der Waals surface area contributed by atoms with Crippen molar-refractivity contribution in [3.8, 4) is 0 Å². The highest BCUT2D eigenvalue weighted by Crippen LogP contribution is 2.26. The highest BCUT2D eigenvalue weighted by atomic mass is 79.9. The molecule has 0 unspecified atom stereocenters. The number of nitrogens with two attached hydrogens (primary N) is 1. The monoisotopic (exact) mass is 350 g/mol. The van der Waals surface area contributed by atoms with Crippen molar-refractivity contribution in [3.05, 3.63) is 15.9 Å². The number of aromatic nitrogens is 2. The number of aromatic amines is 1. The largest absolute Gasteiger partial charge is 0.337 e. The summed E-state index contributed by atoms with van der Waals surface area (Å²) in [5.41, 5.74) is 7.29. The van der Waals surface area contributed by atoms with Crippen LogP contribution in [-0.2, 0) is 0 Å². The van der Waals surface area contributed by atoms with Crippen LogP contribution in [0.25, 0.3) is 0 Å². The van der Waals surface area contributed by atoms with Crippen LogP contribution in [0.2, 0.25) is 0 Å². The van der Waals surface area contributed by atoms with Gasteiger partial charge in [0.25, 0.3) is 5.91 Å². The van der Waals surface area contributed by atoms with Crippen molar-refractivity contribution in [2.24, 2.45) is 5.73 Å². The molecule has 19 heavy (non-hydrogen) atoms. The third-order valence-electron chi connectivity index (χ3n) is 3.34. The number of nitrogens with one attached hydrogen (secondary N) is 1. The molecule has 1 saturated heterocycles. The fourth-order valence-corrected chi connectivity index (χ4v) is 2.92. The number of amides is 1. The van der Waals surface area contributed by atoms with Crippen LogP contribution in [0.15, 0.2) is 4.47 Å². The van der Waals surface area contributed by atoms with Crippen LogP contribution in [0.1, 0.15) is 48.8 Å². The Balaban J connectivity index is 0.00000180. The predicted molar refractivity (Wildman–Crippen MR) is 80.7 cm³/mol. The Morgan fingerprint density at radius 2 is 2.05 bits per heavy atom. The molecule has 2 rings (SSSR count). The van der Waals surface area contributed by atoms with E-state index in [-0.39, 0.29) is 24.4 Å². The van der Waals surface area contributed by atoms with Gasteiger partial charge in [0, 0.05) is 19.1 Å². The summed E-state index contributed by atoms with van der Waals surface area (Å²) in [7, 11) is 0. The van der Waals surface area contributed by atoms with Crippen LogP contribution in [0, 0.1) is 0 Å². The first-order valence-corrected chi connectivity index (χ1v) is 7.08. The van der Waals surface area contributed by atoms with E-state index in [9.17, 15) is 4.79 Å². The number of hydrogen-bond acceptors (Lipinski definition) is 3. The van der Waals surface area contributed by atoms with Gasteiger partial charge in [-0.15, -0.1) is 12.4 Å². The third-order valence-corrected chi connectivity index (χ3v) is 4.14. The lowest BCUT2D eigenvalue weighted by atomic mass is 10.1. The van der Waals surface area contributed by atoms with Gasteiger partial charge in [-0.3, -0.25) is 9.89 Å². The number of nitrogens with zero attached hydrogens (tertiary/aromatic N) is 2. The second-order valence-corrected chi connectivity index (χ2v) is 5.88. The summed E-state index contributed by atoms with van der Waals surface area (Å²) in [4.78, 5) is 14.2. The minimum atomic E-state index is -0.0167. The summed E-state index contributed by atoms with van der Waals surface area (Å²) >= 11 is 3.46. The van der Waals surface area contributed by atoms with E-state index < -0.39 is 0 Å². The molecule has 0 aromatic carbocycles. The minimum Gasteiger partial charge on any atom is -0.337 e. The Morgan fingerprint density at radius 3 is 2.53 bits per heavy atom. The van der Waals surface area contributed by atoms with Crippen molar-refractivity contribution in [2.45, 2.75) is 38.6 Å². The lowest BCUT2D eigenvalue weighted by molar-refractivity contribution is 0.0708. The minimum absolute atomic E-state index is 0. The predicted octanol–water partition coefficient (Wildman–Crippen LogP) is 2.28. The van der Waals surface area contributed by atoms with Gasteiger partial charge in [-0.25, -0.2) is 0 Å². The Kier molecular flexibility index (Phi) is 5.82. The molecule has 5 nitrogen and oxygen atoms in total. The van der Waals surface area contributed by atoms with Crippen molar-refractivity contribution < 1.29 is 4.79 Å². The van der Waals surface area contributed by atoms with Crippen molar-refractivity contribution >= 4 is 34.2 Å². The number of rotatable bonds is 2. The first-order chi connectivity index (χ1) is 8.50. The zero-order chi connectivity index (χ0) is 13.3. The van der Waals surface area contributed by atoms with E-state index in [4.69, 9.17) is 5.73 Å². The van der Waals surface area contributed by atoms with E-state index in [1.165, 1.54) is 0 Å². The summed E-state index contributed by atoms with van der Waals surface area (Å²) in [5.74, 6) is 0.292. The molecule has 0 spiro atoms. The van der Waals surface area contributed by atoms with Crippen molar-refractivity contribution in [1.82, 2.24) is 15.1 Å². The standard InChI is InChI=1S/C12H19BrN4O.ClH/c1-7(2)10-9(13)11(16-15-10)12(18)17-5-3-8(14)4-6-17;/h7-8H,3-6,14H2,1-2H3,(H,15,16);1H. The van der Waals surface area contributed by atoms with Gasteiger partial charge in [0.05, 0.1) is 10.2 Å². The number of halogens is 2. The average Bonchev–Trinajstić information content (AvgIpc) is 2.71. The van der Waals surface area contributed by atoms with Gasteiger partial charge >= 0.3 is 0 Å². The van der Waals surface area contributed by atoms with E-state index >= 15 is 0 Å². The lowest BCUT2D eigenvalue weighted by Gasteiger charge is -2.29. The summed E-state index contributed by atoms with van der Waals surface area (Å²) < 4.78 is 0.789. The molecular formula is C12H20BrClN4O. The second kappa shape index (κ2) is 6.72. The molecule has 2 heterocycles. The molecule has 0 atom stereocenters. The van der Waals surface area contributed by atoms with Crippen LogP contribution >= 0.6 is 28.3 Å². The lowest BCUT2D eigenvalue weighted by Crippen LogP contribution is -2.43. The van der Waals surface area contributed by atoms with Gasteiger partial charge in [0.1, 0.15) is 0 Å². The smallest absolute Gasteiger partial charge is 0.275 e. The molecule has 1 fully saturated rings. The highest BCUT2D eigenvalue weighted by Gasteiger charge is 2.26. The molecule has 0 aliphatic carbocycles. The summed E-state index contributed by atoms with van der Waals surface area (Å²) in [5, 5.41) is 7.07. The number of carbonyl (C=O) groups is 1. The van der Waals surface area contributed by atoms with E-state index in [0.29, 0.717) is 11.6 Å². The van der Waals surface area contributed by atoms with E-state index in [1.54, 1.807) is 0 Å². The Bertz CT molecular complexity index is 441. The summed E-state index contributed by atoms with van der Waals surface area (Å²) in [6.45, 7) is 5.56. The third kappa shape index (κ3) is 3.49. The molecule has 0 saturated carbocycles. The topological polar surface area (TPSA) is 75.0 Å². The zero-order valence-corrected chi connectivity index (χ0v) is 13.6. The Hall–Kier alpha value is -0.590. The normalized spacial score (nSPS) is 16.6. The average molecular weight is 352 g/mol. The maximum atomic E-state index is 12.3. The Morgan fingerprint density at radius 1 is 1.47 bits per heavy atom. The molecule has 1 aliphatic rings. The molecule has 1 amide bonds. The van der Waals surface area contributed by atoms with Gasteiger partial charge in [0.2, 0.25) is 0 Å². The molecule has 108 valence electrons. The number of carbonyl (C=O) groups excluding carboxylic acids is 1. The number of hydrogen-bond donors (Lipinski definition) is 2. The van der Waals surface area contributed by atoms with Crippen LogP contribution in [-0.4, -0.2) is 40.1 Å². The van der Waals surface area contributed by atoms with Crippen LogP contribution in [0.4, 0.5) is 0 Å². The SMILES string of the molecule is CC(C)c1[nH]nc(C(=O)N2CCC(N)CC2)c1Br.Cl. The molecule has 3 N–H and O–H groups in total. The van der Waals surface area contributed by atoms with Crippen LogP contribution in [0.3, 0.4) is 0 Å². The second-order valence-electron chi connectivity index (χ2n) is 5.08. The summed E-state index contributed by atoms with van der Waals surface area (Å²) in [6, 6.07) is 0.225.